The molecule has 0 aliphatic heterocycles. The first-order chi connectivity index (χ1) is 9.21. The molecule has 1 aromatic heterocycles. The van der Waals surface area contributed by atoms with Crippen LogP contribution in [0.5, 0.6) is 0 Å². The normalized spacial score (nSPS) is 14.2. The van der Waals surface area contributed by atoms with Gasteiger partial charge in [-0.05, 0) is 20.3 Å². The molecular weight excluding hydrogens is 276 g/mol. The number of nitrogens with one attached hydrogen (secondary N) is 2. The molecule has 0 saturated carbocycles. The summed E-state index contributed by atoms with van der Waals surface area (Å²) < 4.78 is 26.9. The quantitative estimate of drug-likeness (QED) is 0.802. The molecule has 0 fully saturated rings. The first kappa shape index (κ1) is 17.1. The van der Waals surface area contributed by atoms with Crippen LogP contribution in [0, 0.1) is 6.92 Å². The van der Waals surface area contributed by atoms with Crippen molar-refractivity contribution in [3.8, 4) is 0 Å². The van der Waals surface area contributed by atoms with Crippen LogP contribution in [0.3, 0.4) is 0 Å². The second-order valence-corrected chi connectivity index (χ2v) is 7.37. The van der Waals surface area contributed by atoms with E-state index in [4.69, 9.17) is 0 Å². The summed E-state index contributed by atoms with van der Waals surface area (Å²) in [4.78, 5) is 0.299. The summed E-state index contributed by atoms with van der Waals surface area (Å²) in [6.07, 6.45) is 0.770. The summed E-state index contributed by atoms with van der Waals surface area (Å²) in [6, 6.07) is 0.232. The highest BCUT2D eigenvalue weighted by atomic mass is 32.2. The van der Waals surface area contributed by atoms with Crippen molar-refractivity contribution in [2.24, 2.45) is 0 Å². The fraction of sp³-hybridized carbons (Fsp3) is 0.769. The highest BCUT2D eigenvalue weighted by Crippen LogP contribution is 2.23. The van der Waals surface area contributed by atoms with Crippen LogP contribution >= 0.6 is 0 Å². The zero-order valence-electron chi connectivity index (χ0n) is 13.2. The van der Waals surface area contributed by atoms with Crippen LogP contribution in [0.15, 0.2) is 4.90 Å². The maximum atomic E-state index is 12.7. The van der Waals surface area contributed by atoms with Crippen LogP contribution in [-0.4, -0.2) is 42.1 Å². The van der Waals surface area contributed by atoms with E-state index in [1.807, 2.05) is 27.7 Å². The van der Waals surface area contributed by atoms with Gasteiger partial charge < -0.3 is 5.32 Å². The predicted molar refractivity (Wildman–Crippen MR) is 80.0 cm³/mol. The van der Waals surface area contributed by atoms with Crippen LogP contribution < -0.4 is 5.32 Å². The van der Waals surface area contributed by atoms with Crippen LogP contribution in [0.4, 0.5) is 0 Å². The Hall–Kier alpha value is -0.920. The zero-order chi connectivity index (χ0) is 15.5. The lowest BCUT2D eigenvalue weighted by atomic mass is 10.3. The van der Waals surface area contributed by atoms with Gasteiger partial charge in [-0.25, -0.2) is 8.42 Å². The Bertz CT molecular complexity index is 537. The van der Waals surface area contributed by atoms with Crippen LogP contribution in [0.1, 0.15) is 45.5 Å². The summed E-state index contributed by atoms with van der Waals surface area (Å²) >= 11 is 0. The van der Waals surface area contributed by atoms with Crippen molar-refractivity contribution in [3.63, 3.8) is 0 Å². The Labute approximate surface area is 122 Å². The summed E-state index contributed by atoms with van der Waals surface area (Å²) in [5.41, 5.74) is 1.13. The lowest BCUT2D eigenvalue weighted by Crippen LogP contribution is -2.35. The molecular formula is C13H26N4O2S. The fourth-order valence-corrected chi connectivity index (χ4v) is 3.63. The Morgan fingerprint density at radius 1 is 1.35 bits per heavy atom. The third-order valence-corrected chi connectivity index (χ3v) is 5.66. The lowest BCUT2D eigenvalue weighted by Gasteiger charge is -2.23. The molecule has 1 rings (SSSR count). The van der Waals surface area contributed by atoms with Gasteiger partial charge in [0.25, 0.3) is 0 Å². The van der Waals surface area contributed by atoms with Crippen molar-refractivity contribution in [2.75, 3.05) is 7.05 Å². The summed E-state index contributed by atoms with van der Waals surface area (Å²) in [6.45, 7) is 10.1. The average Bonchev–Trinajstić information content (AvgIpc) is 2.76. The topological polar surface area (TPSA) is 78.1 Å². The zero-order valence-corrected chi connectivity index (χ0v) is 14.0. The molecule has 0 aromatic carbocycles. The average molecular weight is 302 g/mol. The van der Waals surface area contributed by atoms with E-state index in [0.29, 0.717) is 22.8 Å². The molecule has 0 bridgehead atoms. The Kier molecular flexibility index (Phi) is 5.73. The van der Waals surface area contributed by atoms with Gasteiger partial charge in [-0.15, -0.1) is 0 Å². The monoisotopic (exact) mass is 302 g/mol. The number of aromatic nitrogens is 2. The molecule has 0 spiro atoms. The van der Waals surface area contributed by atoms with Crippen LogP contribution in [-0.2, 0) is 16.6 Å². The molecule has 116 valence electrons. The van der Waals surface area contributed by atoms with Gasteiger partial charge in [0.15, 0.2) is 0 Å². The van der Waals surface area contributed by atoms with Gasteiger partial charge in [-0.2, -0.15) is 9.40 Å². The highest BCUT2D eigenvalue weighted by Gasteiger charge is 2.30. The van der Waals surface area contributed by atoms with Gasteiger partial charge in [0.1, 0.15) is 4.90 Å². The first-order valence-electron chi connectivity index (χ1n) is 6.97. The van der Waals surface area contributed by atoms with E-state index < -0.39 is 10.0 Å². The van der Waals surface area contributed by atoms with E-state index in [0.717, 1.165) is 6.42 Å². The van der Waals surface area contributed by atoms with E-state index >= 15 is 0 Å². The molecule has 6 nitrogen and oxygen atoms in total. The number of sulfonamides is 1. The van der Waals surface area contributed by atoms with E-state index in [-0.39, 0.29) is 12.1 Å². The SMILES string of the molecule is CCC(C)N(C)S(=O)(=O)c1c(CNC(C)C)n[nH]c1C. The predicted octanol–water partition coefficient (Wildman–Crippen LogP) is 1.64. The third kappa shape index (κ3) is 3.59. The van der Waals surface area contributed by atoms with Crippen molar-refractivity contribution in [1.82, 2.24) is 19.8 Å². The number of hydrogen-bond acceptors (Lipinski definition) is 4. The van der Waals surface area contributed by atoms with E-state index in [1.165, 1.54) is 4.31 Å². The second-order valence-electron chi connectivity index (χ2n) is 5.44. The van der Waals surface area contributed by atoms with Gasteiger partial charge in [0.05, 0.1) is 11.4 Å². The molecule has 0 aliphatic rings. The minimum absolute atomic E-state index is 0.0415. The third-order valence-electron chi connectivity index (χ3n) is 3.49. The smallest absolute Gasteiger partial charge is 0.246 e. The van der Waals surface area contributed by atoms with Crippen molar-refractivity contribution < 1.29 is 8.42 Å². The second kappa shape index (κ2) is 6.69. The van der Waals surface area contributed by atoms with Gasteiger partial charge in [-0.1, -0.05) is 20.8 Å². The van der Waals surface area contributed by atoms with Crippen molar-refractivity contribution in [1.29, 1.82) is 0 Å². The maximum absolute atomic E-state index is 12.7. The molecule has 0 saturated heterocycles. The standard InChI is InChI=1S/C13H26N4O2S/c1-7-10(4)17(6)20(18,19)13-11(5)15-16-12(13)8-14-9(2)3/h9-10,14H,7-8H2,1-6H3,(H,15,16). The molecule has 0 radical (unpaired) electrons. The molecule has 20 heavy (non-hydrogen) atoms. The molecule has 0 amide bonds. The summed E-state index contributed by atoms with van der Waals surface area (Å²) in [7, 11) is -1.90. The largest absolute Gasteiger partial charge is 0.309 e. The van der Waals surface area contributed by atoms with Gasteiger partial charge >= 0.3 is 0 Å². The van der Waals surface area contributed by atoms with E-state index in [1.54, 1.807) is 14.0 Å². The Balaban J connectivity index is 3.14. The van der Waals surface area contributed by atoms with E-state index in [2.05, 4.69) is 15.5 Å². The molecule has 1 atom stereocenters. The number of rotatable bonds is 7. The Morgan fingerprint density at radius 3 is 2.45 bits per heavy atom. The number of nitrogens with zero attached hydrogens (tertiary/aromatic N) is 2. The molecule has 2 N–H and O–H groups in total. The van der Waals surface area contributed by atoms with Crippen molar-refractivity contribution >= 4 is 10.0 Å². The number of hydrogen-bond donors (Lipinski definition) is 2. The van der Waals surface area contributed by atoms with Crippen molar-refractivity contribution in [3.05, 3.63) is 11.4 Å². The first-order valence-corrected chi connectivity index (χ1v) is 8.41. The molecule has 0 aliphatic carbocycles. The minimum atomic E-state index is -3.52. The van der Waals surface area contributed by atoms with Crippen LogP contribution in [0.25, 0.3) is 0 Å². The highest BCUT2D eigenvalue weighted by molar-refractivity contribution is 7.89. The molecule has 7 heteroatoms. The maximum Gasteiger partial charge on any atom is 0.246 e. The van der Waals surface area contributed by atoms with Crippen molar-refractivity contribution in [2.45, 2.75) is 64.6 Å². The molecule has 1 unspecified atom stereocenters. The number of H-pyrrole nitrogens is 1. The number of aromatic amines is 1. The van der Waals surface area contributed by atoms with Gasteiger partial charge in [0, 0.05) is 25.7 Å². The van der Waals surface area contributed by atoms with E-state index in [9.17, 15) is 8.42 Å². The number of aryl methyl sites for hydroxylation is 1. The summed E-state index contributed by atoms with van der Waals surface area (Å²) in [5.74, 6) is 0. The minimum Gasteiger partial charge on any atom is -0.309 e. The van der Waals surface area contributed by atoms with Gasteiger partial charge in [0.2, 0.25) is 10.0 Å². The molecule has 1 heterocycles. The summed E-state index contributed by atoms with van der Waals surface area (Å²) in [5, 5.41) is 10.1. The molecule has 1 aromatic rings. The Morgan fingerprint density at radius 2 is 1.95 bits per heavy atom. The van der Waals surface area contributed by atoms with Gasteiger partial charge in [-0.3, -0.25) is 5.10 Å². The fourth-order valence-electron chi connectivity index (χ4n) is 1.87. The van der Waals surface area contributed by atoms with Crippen LogP contribution in [0.2, 0.25) is 0 Å². The lowest BCUT2D eigenvalue weighted by molar-refractivity contribution is 0.380.